The molecule has 0 spiro atoms. The number of hydrogen-bond acceptors (Lipinski definition) is 5. The predicted octanol–water partition coefficient (Wildman–Crippen LogP) is 2.11. The minimum atomic E-state index is -0.444. The standard InChI is InChI=1S/C20H18N6O2.ClH/c21-16-11-24-19(13-4-2-1-3-5-13)26(20(16)28)12-18(27)23-10-15-8-14-9-22-7-6-17(14)25-15;/h1-9,11,25H,10,12,21H2,(H,23,27);1H. The van der Waals surface area contributed by atoms with Gasteiger partial charge in [-0.3, -0.25) is 19.1 Å². The summed E-state index contributed by atoms with van der Waals surface area (Å²) in [6.45, 7) is 0.127. The van der Waals surface area contributed by atoms with Crippen LogP contribution < -0.4 is 16.6 Å². The number of aromatic amines is 1. The first-order chi connectivity index (χ1) is 13.6. The third-order valence-electron chi connectivity index (χ3n) is 4.36. The molecule has 148 valence electrons. The van der Waals surface area contributed by atoms with Crippen LogP contribution in [0.5, 0.6) is 0 Å². The number of nitrogens with zero attached hydrogens (tertiary/aromatic N) is 3. The summed E-state index contributed by atoms with van der Waals surface area (Å²) in [5.41, 5.74) is 7.79. The van der Waals surface area contributed by atoms with Crippen LogP contribution in [0.25, 0.3) is 22.3 Å². The SMILES string of the molecule is Cl.Nc1cnc(-c2ccccc2)n(CC(=O)NCc2cc3cnccc3[nH]2)c1=O. The van der Waals surface area contributed by atoms with Gasteiger partial charge in [0, 0.05) is 34.6 Å². The van der Waals surface area contributed by atoms with Gasteiger partial charge in [0.05, 0.1) is 12.7 Å². The van der Waals surface area contributed by atoms with Crippen LogP contribution in [0.1, 0.15) is 5.69 Å². The molecule has 0 aliphatic heterocycles. The summed E-state index contributed by atoms with van der Waals surface area (Å²) >= 11 is 0. The fraction of sp³-hybridized carbons (Fsp3) is 0.100. The second-order valence-electron chi connectivity index (χ2n) is 6.33. The minimum Gasteiger partial charge on any atom is -0.393 e. The first kappa shape index (κ1) is 20.1. The highest BCUT2D eigenvalue weighted by atomic mass is 35.5. The van der Waals surface area contributed by atoms with Gasteiger partial charge in [0.1, 0.15) is 18.1 Å². The van der Waals surface area contributed by atoms with E-state index in [1.165, 1.54) is 10.8 Å². The van der Waals surface area contributed by atoms with E-state index < -0.39 is 5.56 Å². The van der Waals surface area contributed by atoms with Crippen LogP contribution in [0, 0.1) is 0 Å². The van der Waals surface area contributed by atoms with E-state index in [0.29, 0.717) is 12.4 Å². The number of nitrogens with two attached hydrogens (primary N) is 1. The van der Waals surface area contributed by atoms with Gasteiger partial charge in [-0.05, 0) is 12.1 Å². The summed E-state index contributed by atoms with van der Waals surface area (Å²) in [5.74, 6) is 0.0788. The number of rotatable bonds is 5. The van der Waals surface area contributed by atoms with Crippen molar-refractivity contribution in [3.8, 4) is 11.4 Å². The molecule has 0 saturated heterocycles. The Labute approximate surface area is 172 Å². The molecule has 0 bridgehead atoms. The zero-order chi connectivity index (χ0) is 19.5. The number of H-pyrrole nitrogens is 1. The number of anilines is 1. The topological polar surface area (TPSA) is 119 Å². The van der Waals surface area contributed by atoms with Crippen molar-refractivity contribution in [3.63, 3.8) is 0 Å². The Morgan fingerprint density at radius 3 is 2.72 bits per heavy atom. The second-order valence-corrected chi connectivity index (χ2v) is 6.33. The van der Waals surface area contributed by atoms with Gasteiger partial charge in [0.25, 0.3) is 5.56 Å². The van der Waals surface area contributed by atoms with Gasteiger partial charge in [-0.25, -0.2) is 4.98 Å². The van der Waals surface area contributed by atoms with Crippen LogP contribution in [0.4, 0.5) is 5.69 Å². The van der Waals surface area contributed by atoms with E-state index in [0.717, 1.165) is 22.2 Å². The van der Waals surface area contributed by atoms with Crippen molar-refractivity contribution in [2.75, 3.05) is 5.73 Å². The van der Waals surface area contributed by atoms with Crippen molar-refractivity contribution in [2.45, 2.75) is 13.1 Å². The molecule has 0 unspecified atom stereocenters. The molecule has 9 heteroatoms. The van der Waals surface area contributed by atoms with Gasteiger partial charge in [-0.1, -0.05) is 30.3 Å². The minimum absolute atomic E-state index is 0. The third kappa shape index (κ3) is 4.27. The molecule has 0 radical (unpaired) electrons. The van der Waals surface area contributed by atoms with E-state index in [9.17, 15) is 9.59 Å². The molecule has 4 aromatic rings. The number of halogens is 1. The molecule has 1 amide bonds. The summed E-state index contributed by atoms with van der Waals surface area (Å²) in [6, 6.07) is 13.0. The van der Waals surface area contributed by atoms with Gasteiger partial charge in [0.15, 0.2) is 0 Å². The van der Waals surface area contributed by atoms with Gasteiger partial charge in [-0.15, -0.1) is 12.4 Å². The van der Waals surface area contributed by atoms with Crippen LogP contribution in [0.15, 0.2) is 65.8 Å². The Bertz CT molecular complexity index is 1170. The number of carbonyl (C=O) groups is 1. The number of fused-ring (bicyclic) bond motifs is 1. The summed E-state index contributed by atoms with van der Waals surface area (Å²) in [7, 11) is 0. The molecular formula is C20H19ClN6O2. The number of carbonyl (C=O) groups excluding carboxylic acids is 1. The number of aromatic nitrogens is 4. The van der Waals surface area contributed by atoms with E-state index in [-0.39, 0.29) is 30.5 Å². The summed E-state index contributed by atoms with van der Waals surface area (Å²) in [6.07, 6.45) is 4.77. The van der Waals surface area contributed by atoms with Crippen molar-refractivity contribution in [2.24, 2.45) is 0 Å². The molecule has 0 fully saturated rings. The van der Waals surface area contributed by atoms with Crippen molar-refractivity contribution < 1.29 is 4.79 Å². The van der Waals surface area contributed by atoms with E-state index in [1.54, 1.807) is 12.4 Å². The highest BCUT2D eigenvalue weighted by Crippen LogP contribution is 2.16. The zero-order valence-corrected chi connectivity index (χ0v) is 16.1. The molecule has 0 saturated carbocycles. The fourth-order valence-corrected chi connectivity index (χ4v) is 2.99. The molecule has 4 rings (SSSR count). The van der Waals surface area contributed by atoms with Crippen LogP contribution in [-0.2, 0) is 17.9 Å². The lowest BCUT2D eigenvalue weighted by atomic mass is 10.2. The van der Waals surface area contributed by atoms with Crippen LogP contribution in [0.3, 0.4) is 0 Å². The van der Waals surface area contributed by atoms with Gasteiger partial charge in [0.2, 0.25) is 5.91 Å². The van der Waals surface area contributed by atoms with Crippen molar-refractivity contribution in [1.82, 2.24) is 24.8 Å². The molecular weight excluding hydrogens is 392 g/mol. The molecule has 0 aliphatic carbocycles. The van der Waals surface area contributed by atoms with Crippen LogP contribution in [-0.4, -0.2) is 25.4 Å². The quantitative estimate of drug-likeness (QED) is 0.465. The Hall–Kier alpha value is -3.65. The number of hydrogen-bond donors (Lipinski definition) is 3. The lowest BCUT2D eigenvalue weighted by Gasteiger charge is -2.12. The Morgan fingerprint density at radius 1 is 1.17 bits per heavy atom. The molecule has 1 aromatic carbocycles. The van der Waals surface area contributed by atoms with Crippen molar-refractivity contribution >= 4 is 34.9 Å². The van der Waals surface area contributed by atoms with Gasteiger partial charge >= 0.3 is 0 Å². The molecule has 3 aromatic heterocycles. The second kappa shape index (κ2) is 8.57. The lowest BCUT2D eigenvalue weighted by molar-refractivity contribution is -0.121. The first-order valence-corrected chi connectivity index (χ1v) is 8.71. The Morgan fingerprint density at radius 2 is 1.97 bits per heavy atom. The monoisotopic (exact) mass is 410 g/mol. The van der Waals surface area contributed by atoms with Gasteiger partial charge in [-0.2, -0.15) is 0 Å². The third-order valence-corrected chi connectivity index (χ3v) is 4.36. The summed E-state index contributed by atoms with van der Waals surface area (Å²) in [5, 5.41) is 3.78. The van der Waals surface area contributed by atoms with Crippen molar-refractivity contribution in [1.29, 1.82) is 0 Å². The van der Waals surface area contributed by atoms with E-state index in [4.69, 9.17) is 5.73 Å². The zero-order valence-electron chi connectivity index (χ0n) is 15.3. The normalized spacial score (nSPS) is 10.5. The Kier molecular flexibility index (Phi) is 5.94. The smallest absolute Gasteiger partial charge is 0.277 e. The number of amides is 1. The molecule has 8 nitrogen and oxygen atoms in total. The summed E-state index contributed by atoms with van der Waals surface area (Å²) < 4.78 is 1.29. The molecule has 4 N–H and O–H groups in total. The largest absolute Gasteiger partial charge is 0.393 e. The van der Waals surface area contributed by atoms with Gasteiger partial charge < -0.3 is 16.0 Å². The average Bonchev–Trinajstić information content (AvgIpc) is 3.14. The Balaban J connectivity index is 0.00000240. The van der Waals surface area contributed by atoms with E-state index >= 15 is 0 Å². The highest BCUT2D eigenvalue weighted by molar-refractivity contribution is 5.85. The fourth-order valence-electron chi connectivity index (χ4n) is 2.99. The van der Waals surface area contributed by atoms with E-state index in [1.807, 2.05) is 42.5 Å². The average molecular weight is 411 g/mol. The predicted molar refractivity (Wildman–Crippen MR) is 114 cm³/mol. The maximum Gasteiger partial charge on any atom is 0.277 e. The van der Waals surface area contributed by atoms with Crippen molar-refractivity contribution in [3.05, 3.63) is 77.1 Å². The molecule has 29 heavy (non-hydrogen) atoms. The first-order valence-electron chi connectivity index (χ1n) is 8.71. The number of pyridine rings is 1. The number of benzene rings is 1. The highest BCUT2D eigenvalue weighted by Gasteiger charge is 2.14. The van der Waals surface area contributed by atoms with Crippen LogP contribution >= 0.6 is 12.4 Å². The molecule has 0 atom stereocenters. The molecule has 3 heterocycles. The lowest BCUT2D eigenvalue weighted by Crippen LogP contribution is -2.34. The maximum atomic E-state index is 12.5. The number of nitrogens with one attached hydrogen (secondary N) is 2. The maximum absolute atomic E-state index is 12.5. The van der Waals surface area contributed by atoms with Crippen LogP contribution in [0.2, 0.25) is 0 Å². The van der Waals surface area contributed by atoms with E-state index in [2.05, 4.69) is 20.3 Å². The molecule has 0 aliphatic rings. The summed E-state index contributed by atoms with van der Waals surface area (Å²) in [4.78, 5) is 36.5. The number of nitrogen functional groups attached to an aromatic ring is 1.